The summed E-state index contributed by atoms with van der Waals surface area (Å²) in [5.74, 6) is -1.12. The number of morpholine rings is 1. The molecule has 61 heavy (non-hydrogen) atoms. The second-order valence-electron chi connectivity index (χ2n) is 19.5. The van der Waals surface area contributed by atoms with E-state index < -0.39 is 11.9 Å². The van der Waals surface area contributed by atoms with Crippen LogP contribution in [0.3, 0.4) is 0 Å². The van der Waals surface area contributed by atoms with Gasteiger partial charge in [-0.3, -0.25) is 0 Å². The van der Waals surface area contributed by atoms with E-state index in [9.17, 15) is 9.90 Å². The summed E-state index contributed by atoms with van der Waals surface area (Å²) in [5.41, 5.74) is 4.35. The van der Waals surface area contributed by atoms with Gasteiger partial charge in [-0.2, -0.15) is 0 Å². The molecule has 5 aliphatic rings. The van der Waals surface area contributed by atoms with Gasteiger partial charge in [-0.1, -0.05) is 18.9 Å². The van der Waals surface area contributed by atoms with E-state index in [4.69, 9.17) is 21.7 Å². The summed E-state index contributed by atoms with van der Waals surface area (Å²) in [4.78, 5) is 21.8. The van der Waals surface area contributed by atoms with E-state index in [-0.39, 0.29) is 75.6 Å². The van der Waals surface area contributed by atoms with Gasteiger partial charge in [-0.25, -0.2) is 14.6 Å². The van der Waals surface area contributed by atoms with Crippen molar-refractivity contribution in [1.82, 2.24) is 16.0 Å². The first-order valence-electron chi connectivity index (χ1n) is 24.2. The molecule has 0 aromatic carbocycles. The van der Waals surface area contributed by atoms with Crippen LogP contribution in [0.15, 0.2) is 21.1 Å². The number of hydrogen-bond donors (Lipinski definition) is 3. The van der Waals surface area contributed by atoms with E-state index >= 15 is 0 Å². The van der Waals surface area contributed by atoms with Crippen LogP contribution in [0, 0.1) is 17.8 Å². The average Bonchev–Trinajstić information content (AvgIpc) is 3.22. The standard InChI is InChI=1S/C47H82N8O4S.K/c1-7-50-36-16-20-40-43(33-36)59-44-34-38(53(8-2)9-3)18-21-41(44)45(40)39-19-17-37(32-42(39)46(56)57)52-47(60)51-24-15-26-54(4,5)25-13-11-10-12-22-48-35-49-23-14-27-55(6)28-30-58-31-29-55;/h36-37,39-40,42-44,50H,7-34H2,1-6H3;/q;+1/p+2. The summed E-state index contributed by atoms with van der Waals surface area (Å²) in [5, 5.41) is 24.3. The van der Waals surface area contributed by atoms with Crippen molar-refractivity contribution < 1.29 is 84.3 Å². The molecule has 3 saturated carbocycles. The van der Waals surface area contributed by atoms with Crippen molar-refractivity contribution in [1.29, 1.82) is 0 Å². The third-order valence-corrected chi connectivity index (χ3v) is 14.9. The van der Waals surface area contributed by atoms with Gasteiger partial charge >= 0.3 is 51.4 Å². The van der Waals surface area contributed by atoms with Gasteiger partial charge in [0.15, 0.2) is 10.8 Å². The van der Waals surface area contributed by atoms with Crippen molar-refractivity contribution in [3.63, 3.8) is 0 Å². The monoisotopic (exact) mass is 896 g/mol. The van der Waals surface area contributed by atoms with Gasteiger partial charge in [0, 0.05) is 62.2 Å². The number of carbonyl (C=O) groups excluding carboxylic acids is 1. The Labute approximate surface area is 418 Å². The molecule has 12 nitrogen and oxygen atoms in total. The van der Waals surface area contributed by atoms with Crippen molar-refractivity contribution in [3.8, 4) is 0 Å². The third-order valence-electron chi connectivity index (χ3n) is 14.7. The Morgan fingerprint density at radius 3 is 2.33 bits per heavy atom. The van der Waals surface area contributed by atoms with Crippen molar-refractivity contribution in [2.75, 3.05) is 106 Å². The van der Waals surface area contributed by atoms with Crippen LogP contribution in [0.4, 0.5) is 0 Å². The molecule has 340 valence electrons. The molecule has 4 fully saturated rings. The zero-order valence-corrected chi connectivity index (χ0v) is 43.6. The van der Waals surface area contributed by atoms with E-state index in [1.54, 1.807) is 0 Å². The second kappa shape index (κ2) is 27.1. The Bertz CT molecular complexity index is 1510. The molecule has 0 aromatic heterocycles. The topological polar surface area (TPSA) is 122 Å². The minimum Gasteiger partial charge on any atom is -0.550 e. The molecule has 2 aliphatic heterocycles. The molecule has 0 radical (unpaired) electrons. The number of aliphatic imine (C=N–C) groups is 2. The van der Waals surface area contributed by atoms with E-state index in [2.05, 4.69) is 78.4 Å². The number of aliphatic carboxylic acids is 1. The molecule has 3 aliphatic carbocycles. The number of quaternary nitrogens is 2. The van der Waals surface area contributed by atoms with E-state index in [1.165, 1.54) is 36.1 Å². The molecule has 3 N–H and O–H groups in total. The van der Waals surface area contributed by atoms with Gasteiger partial charge in [-0.15, -0.1) is 0 Å². The summed E-state index contributed by atoms with van der Waals surface area (Å²) >= 11 is 5.77. The molecular weight excluding hydrogens is 812 g/mol. The quantitative estimate of drug-likeness (QED) is 0.0285. The summed E-state index contributed by atoms with van der Waals surface area (Å²) in [6.07, 6.45) is 15.5. The molecule has 0 spiro atoms. The normalized spacial score (nSPS) is 27.4. The van der Waals surface area contributed by atoms with Crippen molar-refractivity contribution in [3.05, 3.63) is 11.1 Å². The second-order valence-corrected chi connectivity index (χ2v) is 19.9. The molecule has 5 rings (SSSR count). The van der Waals surface area contributed by atoms with E-state index in [0.717, 1.165) is 165 Å². The number of carboxylic acid groups (broad SMARTS) is 1. The zero-order chi connectivity index (χ0) is 43.0. The van der Waals surface area contributed by atoms with E-state index in [1.807, 2.05) is 0 Å². The number of nitrogens with zero attached hydrogens (tertiary/aromatic N) is 5. The Balaban J connectivity index is 0.00000819. The number of carbonyl (C=O) groups is 1. The Morgan fingerprint density at radius 2 is 1.61 bits per heavy atom. The van der Waals surface area contributed by atoms with Gasteiger partial charge in [-0.05, 0) is 108 Å². The van der Waals surface area contributed by atoms with Gasteiger partial charge < -0.3 is 44.3 Å². The zero-order valence-electron chi connectivity index (χ0n) is 39.6. The van der Waals surface area contributed by atoms with Gasteiger partial charge in [0.25, 0.3) is 0 Å². The predicted molar refractivity (Wildman–Crippen MR) is 245 cm³/mol. The van der Waals surface area contributed by atoms with Crippen LogP contribution in [0.2, 0.25) is 0 Å². The first-order chi connectivity index (χ1) is 29.0. The molecule has 14 heteroatoms. The molecule has 0 aromatic rings. The summed E-state index contributed by atoms with van der Waals surface area (Å²) < 4.78 is 17.1. The average molecular weight is 896 g/mol. The molecule has 0 amide bonds. The molecule has 0 bridgehead atoms. The number of unbranched alkanes of at least 4 members (excludes halogenated alkanes) is 3. The Hall–Kier alpha value is -0.614. The Kier molecular flexibility index (Phi) is 23.6. The summed E-state index contributed by atoms with van der Waals surface area (Å²) in [7, 11) is 6.96. The number of carboxylic acids is 1. The van der Waals surface area contributed by atoms with Gasteiger partial charge in [0.05, 0.1) is 85.2 Å². The maximum absolute atomic E-state index is 13.0. The van der Waals surface area contributed by atoms with E-state index in [0.29, 0.717) is 23.5 Å². The number of hydrogen-bond acceptors (Lipinski definition) is 8. The molecule has 7 atom stereocenters. The minimum atomic E-state index is -0.912. The maximum Gasteiger partial charge on any atom is 1.00 e. The molecule has 7 unspecified atom stereocenters. The predicted octanol–water partition coefficient (Wildman–Crippen LogP) is 1.58. The first kappa shape index (κ1) is 53.0. The molecular formula is C47H84KN8O4S+3. The SMILES string of the molecule is CCNC1CCC2C(C3CCC(NC(=S)NCCC[N+](C)(C)CCCCCCN=C=NCCC[N+]4(C)CCOCC4)CC3C(=O)[O-])=C3CCC(=[N+](CC)CC)CC3OC2C1.[K+]. The van der Waals surface area contributed by atoms with Crippen LogP contribution in [-0.4, -0.2) is 167 Å². The summed E-state index contributed by atoms with van der Waals surface area (Å²) in [6.45, 7) is 19.4. The maximum atomic E-state index is 13.0. The summed E-state index contributed by atoms with van der Waals surface area (Å²) in [6, 6.07) is 3.41. The number of thiocarbonyl (C=S) groups is 1. The van der Waals surface area contributed by atoms with Crippen molar-refractivity contribution >= 4 is 35.0 Å². The van der Waals surface area contributed by atoms with Crippen molar-refractivity contribution in [2.24, 2.45) is 27.7 Å². The molecule has 1 saturated heterocycles. The fourth-order valence-corrected chi connectivity index (χ4v) is 11.4. The first-order valence-corrected chi connectivity index (χ1v) is 24.6. The number of nitrogens with one attached hydrogen (secondary N) is 3. The van der Waals surface area contributed by atoms with Crippen LogP contribution in [0.25, 0.3) is 0 Å². The fraction of sp³-hybridized carbons (Fsp3) is 0.872. The fourth-order valence-electron chi connectivity index (χ4n) is 11.1. The van der Waals surface area contributed by atoms with Crippen LogP contribution in [0.1, 0.15) is 117 Å². The Morgan fingerprint density at radius 1 is 0.918 bits per heavy atom. The van der Waals surface area contributed by atoms with Crippen LogP contribution >= 0.6 is 12.2 Å². The number of likely N-dealkylation sites (N-methyl/N-ethyl adjacent to an activating group) is 1. The number of rotatable bonds is 22. The number of fused-ring (bicyclic) bond motifs is 2. The van der Waals surface area contributed by atoms with Crippen LogP contribution in [0.5, 0.6) is 0 Å². The van der Waals surface area contributed by atoms with Gasteiger partial charge in [0.1, 0.15) is 26.2 Å². The molecule has 2 heterocycles. The number of ether oxygens (including phenoxy) is 2. The van der Waals surface area contributed by atoms with Crippen LogP contribution in [-0.2, 0) is 14.3 Å². The third kappa shape index (κ3) is 16.6. The minimum absolute atomic E-state index is 0. The van der Waals surface area contributed by atoms with Crippen LogP contribution < -0.4 is 72.4 Å². The van der Waals surface area contributed by atoms with Gasteiger partial charge in [0.2, 0.25) is 0 Å². The van der Waals surface area contributed by atoms with Crippen molar-refractivity contribution in [2.45, 2.75) is 141 Å². The largest absolute Gasteiger partial charge is 1.00 e. The smallest absolute Gasteiger partial charge is 0.550 e.